The van der Waals surface area contributed by atoms with Gasteiger partial charge in [0.2, 0.25) is 0 Å². The van der Waals surface area contributed by atoms with Crippen molar-refractivity contribution in [3.05, 3.63) is 99.3 Å². The molecule has 0 unspecified atom stereocenters. The largest absolute Gasteiger partial charge is 0.468 e. The second-order valence-corrected chi connectivity index (χ2v) is 14.1. The monoisotopic (exact) mass is 647 g/mol. The van der Waals surface area contributed by atoms with Crippen LogP contribution in [0.25, 0.3) is 11.0 Å². The number of carbonyl (C=O) groups excluding carboxylic acids is 2. The Bertz CT molecular complexity index is 1650. The van der Waals surface area contributed by atoms with E-state index in [4.69, 9.17) is 37.7 Å². The highest BCUT2D eigenvalue weighted by molar-refractivity contribution is 6.30. The van der Waals surface area contributed by atoms with Gasteiger partial charge in [0, 0.05) is 28.0 Å². The first-order valence-corrected chi connectivity index (χ1v) is 16.4. The van der Waals surface area contributed by atoms with Gasteiger partial charge in [-0.25, -0.2) is 9.78 Å². The molecule has 7 nitrogen and oxygen atoms in total. The molecule has 236 valence electrons. The average molecular weight is 649 g/mol. The number of rotatable bonds is 7. The maximum Gasteiger partial charge on any atom is 0.407 e. The third-order valence-electron chi connectivity index (χ3n) is 8.92. The van der Waals surface area contributed by atoms with E-state index in [1.54, 1.807) is 24.3 Å². The molecule has 1 amide bonds. The minimum absolute atomic E-state index is 0.0626. The molecule has 6 rings (SSSR count). The SMILES string of the molecule is COC(=O)C(c1ccc(Cl)cc1)(c1ccc(Cl)cc1)c1ccc2nc(C3CC3)n([C@H]3CC[C@H](NC(=O)OC(C)(C)C)CC3)c2c1. The number of alkyl carbamates (subject to hydrolysis) is 1. The van der Waals surface area contributed by atoms with E-state index in [1.165, 1.54) is 7.11 Å². The molecule has 0 radical (unpaired) electrons. The Morgan fingerprint density at radius 1 is 0.822 bits per heavy atom. The van der Waals surface area contributed by atoms with Crippen LogP contribution in [-0.4, -0.2) is 40.4 Å². The highest BCUT2D eigenvalue weighted by atomic mass is 35.5. The fourth-order valence-corrected chi connectivity index (χ4v) is 6.97. The number of methoxy groups -OCH3 is 1. The van der Waals surface area contributed by atoms with Gasteiger partial charge in [0.05, 0.1) is 18.1 Å². The molecule has 0 spiro atoms. The molecule has 1 heterocycles. The van der Waals surface area contributed by atoms with E-state index < -0.39 is 17.0 Å². The number of carbonyl (C=O) groups is 2. The minimum atomic E-state index is -1.28. The van der Waals surface area contributed by atoms with Crippen LogP contribution in [0.15, 0.2) is 66.7 Å². The molecule has 1 N–H and O–H groups in total. The Kier molecular flexibility index (Phi) is 8.61. The van der Waals surface area contributed by atoms with E-state index in [-0.39, 0.29) is 18.2 Å². The number of fused-ring (bicyclic) bond motifs is 1. The summed E-state index contributed by atoms with van der Waals surface area (Å²) in [7, 11) is 1.42. The number of aromatic nitrogens is 2. The van der Waals surface area contributed by atoms with E-state index in [9.17, 15) is 9.59 Å². The van der Waals surface area contributed by atoms with E-state index in [1.807, 2.05) is 57.2 Å². The number of hydrogen-bond donors (Lipinski definition) is 1. The van der Waals surface area contributed by atoms with Crippen molar-refractivity contribution < 1.29 is 19.1 Å². The van der Waals surface area contributed by atoms with Crippen LogP contribution in [0.2, 0.25) is 10.0 Å². The van der Waals surface area contributed by atoms with Crippen molar-refractivity contribution in [3.63, 3.8) is 0 Å². The lowest BCUT2D eigenvalue weighted by molar-refractivity contribution is -0.144. The number of ether oxygens (including phenoxy) is 2. The number of amides is 1. The lowest BCUT2D eigenvalue weighted by Crippen LogP contribution is -2.41. The molecule has 4 aromatic rings. The predicted molar refractivity (Wildman–Crippen MR) is 177 cm³/mol. The fraction of sp³-hybridized carbons (Fsp3) is 0.417. The third kappa shape index (κ3) is 6.30. The van der Waals surface area contributed by atoms with Gasteiger partial charge in [0.1, 0.15) is 16.8 Å². The van der Waals surface area contributed by atoms with Crippen molar-refractivity contribution >= 4 is 46.3 Å². The van der Waals surface area contributed by atoms with Gasteiger partial charge in [-0.05, 0) is 112 Å². The molecule has 45 heavy (non-hydrogen) atoms. The number of nitrogens with one attached hydrogen (secondary N) is 1. The summed E-state index contributed by atoms with van der Waals surface area (Å²) >= 11 is 12.6. The Hall–Kier alpha value is -3.55. The first kappa shape index (κ1) is 31.4. The first-order valence-electron chi connectivity index (χ1n) is 15.6. The predicted octanol–water partition coefficient (Wildman–Crippen LogP) is 8.74. The molecule has 1 aromatic heterocycles. The number of benzene rings is 3. The molecule has 0 atom stereocenters. The summed E-state index contributed by atoms with van der Waals surface area (Å²) in [4.78, 5) is 31.7. The van der Waals surface area contributed by atoms with Crippen molar-refractivity contribution in [1.82, 2.24) is 14.9 Å². The number of esters is 1. The highest BCUT2D eigenvalue weighted by Gasteiger charge is 2.46. The average Bonchev–Trinajstić information content (AvgIpc) is 3.78. The van der Waals surface area contributed by atoms with Gasteiger partial charge in [-0.3, -0.25) is 4.79 Å². The van der Waals surface area contributed by atoms with Crippen LogP contribution in [-0.2, 0) is 19.7 Å². The third-order valence-corrected chi connectivity index (χ3v) is 9.42. The summed E-state index contributed by atoms with van der Waals surface area (Å²) < 4.78 is 13.5. The summed E-state index contributed by atoms with van der Waals surface area (Å²) in [5.74, 6) is 1.12. The zero-order valence-electron chi connectivity index (χ0n) is 26.1. The number of nitrogens with zero attached hydrogens (tertiary/aromatic N) is 2. The lowest BCUT2D eigenvalue weighted by Gasteiger charge is -2.34. The highest BCUT2D eigenvalue weighted by Crippen LogP contribution is 2.46. The van der Waals surface area contributed by atoms with Crippen molar-refractivity contribution in [2.24, 2.45) is 0 Å². The molecule has 0 aliphatic heterocycles. The molecular formula is C36H39Cl2N3O4. The van der Waals surface area contributed by atoms with Gasteiger partial charge in [0.15, 0.2) is 0 Å². The van der Waals surface area contributed by atoms with Gasteiger partial charge >= 0.3 is 12.1 Å². The Morgan fingerprint density at radius 2 is 1.38 bits per heavy atom. The van der Waals surface area contributed by atoms with Crippen LogP contribution in [0, 0.1) is 0 Å². The molecule has 0 bridgehead atoms. The number of imidazole rings is 1. The molecule has 2 saturated carbocycles. The second-order valence-electron chi connectivity index (χ2n) is 13.2. The second kappa shape index (κ2) is 12.3. The molecule has 9 heteroatoms. The summed E-state index contributed by atoms with van der Waals surface area (Å²) in [6, 6.07) is 21.1. The Balaban J connectivity index is 1.43. The quantitative estimate of drug-likeness (QED) is 0.160. The summed E-state index contributed by atoms with van der Waals surface area (Å²) in [5.41, 5.74) is 2.34. The van der Waals surface area contributed by atoms with Gasteiger partial charge in [-0.2, -0.15) is 0 Å². The van der Waals surface area contributed by atoms with Crippen LogP contribution in [0.5, 0.6) is 0 Å². The van der Waals surface area contributed by atoms with Crippen LogP contribution < -0.4 is 5.32 Å². The fourth-order valence-electron chi connectivity index (χ4n) is 6.72. The first-order chi connectivity index (χ1) is 21.5. The van der Waals surface area contributed by atoms with Crippen LogP contribution in [0.1, 0.15) is 93.8 Å². The summed E-state index contributed by atoms with van der Waals surface area (Å²) in [6.07, 6.45) is 5.34. The normalized spacial score (nSPS) is 18.9. The zero-order chi connectivity index (χ0) is 31.9. The number of hydrogen-bond acceptors (Lipinski definition) is 5. The van der Waals surface area contributed by atoms with E-state index in [2.05, 4.69) is 16.0 Å². The maximum atomic E-state index is 14.1. The minimum Gasteiger partial charge on any atom is -0.468 e. The molecule has 2 fully saturated rings. The summed E-state index contributed by atoms with van der Waals surface area (Å²) in [6.45, 7) is 5.61. The molecule has 2 aliphatic rings. The van der Waals surface area contributed by atoms with Crippen molar-refractivity contribution in [1.29, 1.82) is 0 Å². The van der Waals surface area contributed by atoms with Gasteiger partial charge in [-0.15, -0.1) is 0 Å². The standard InChI is InChI=1S/C36H39Cl2N3O4/c1-35(2,3)45-34(43)39-28-16-18-29(19-17-28)41-31-21-25(11-20-30(31)40-32(41)22-5-6-22)36(33(42)44-4,23-7-12-26(37)13-8-23)24-9-14-27(38)15-10-24/h7-15,20-22,28-29H,5-6,16-19H2,1-4H3,(H,39,43)/t28-,29-. The molecular weight excluding hydrogens is 609 g/mol. The van der Waals surface area contributed by atoms with Gasteiger partial charge < -0.3 is 19.4 Å². The van der Waals surface area contributed by atoms with E-state index in [0.29, 0.717) is 16.0 Å². The number of halogens is 2. The van der Waals surface area contributed by atoms with Gasteiger partial charge in [0.25, 0.3) is 0 Å². The van der Waals surface area contributed by atoms with Crippen molar-refractivity contribution in [3.8, 4) is 0 Å². The molecule has 2 aliphatic carbocycles. The summed E-state index contributed by atoms with van der Waals surface area (Å²) in [5, 5.41) is 4.22. The lowest BCUT2D eigenvalue weighted by atomic mass is 9.69. The van der Waals surface area contributed by atoms with Crippen LogP contribution >= 0.6 is 23.2 Å². The van der Waals surface area contributed by atoms with Crippen molar-refractivity contribution in [2.45, 2.75) is 88.3 Å². The van der Waals surface area contributed by atoms with Crippen molar-refractivity contribution in [2.75, 3.05) is 7.11 Å². The molecule has 3 aromatic carbocycles. The van der Waals surface area contributed by atoms with Gasteiger partial charge in [-0.1, -0.05) is 53.5 Å². The topological polar surface area (TPSA) is 82.5 Å². The van der Waals surface area contributed by atoms with E-state index in [0.717, 1.165) is 72.1 Å². The smallest absolute Gasteiger partial charge is 0.407 e. The zero-order valence-corrected chi connectivity index (χ0v) is 27.6. The Morgan fingerprint density at radius 3 is 1.89 bits per heavy atom. The van der Waals surface area contributed by atoms with Crippen LogP contribution in [0.4, 0.5) is 4.79 Å². The Labute approximate surface area is 274 Å². The van der Waals surface area contributed by atoms with Crippen LogP contribution in [0.3, 0.4) is 0 Å². The van der Waals surface area contributed by atoms with E-state index >= 15 is 0 Å². The maximum absolute atomic E-state index is 14.1. The molecule has 0 saturated heterocycles.